The zero-order chi connectivity index (χ0) is 13.5. The number of hydrogen-bond donors (Lipinski definition) is 3. The third-order valence-electron chi connectivity index (χ3n) is 1.97. The Morgan fingerprint density at radius 2 is 2.33 bits per heavy atom. The number of carbonyl (C=O) groups is 2. The molecular formula is C11H13N3O3S. The monoisotopic (exact) mass is 267 g/mol. The highest BCUT2D eigenvalue weighted by Gasteiger charge is 2.15. The molecule has 1 heterocycles. The van der Waals surface area contributed by atoms with E-state index >= 15 is 0 Å². The van der Waals surface area contributed by atoms with E-state index in [1.807, 2.05) is 0 Å². The Kier molecular flexibility index (Phi) is 5.14. The highest BCUT2D eigenvalue weighted by molar-refractivity contribution is 7.09. The number of aromatic nitrogens is 1. The number of carbonyl (C=O) groups excluding carboxylic acids is 1. The predicted molar refractivity (Wildman–Crippen MR) is 67.5 cm³/mol. The van der Waals surface area contributed by atoms with Gasteiger partial charge in [0.2, 0.25) is 0 Å². The van der Waals surface area contributed by atoms with E-state index in [0.29, 0.717) is 5.01 Å². The van der Waals surface area contributed by atoms with Crippen LogP contribution in [0.5, 0.6) is 0 Å². The van der Waals surface area contributed by atoms with Crippen LogP contribution in [0.15, 0.2) is 5.38 Å². The Bertz CT molecular complexity index is 501. The van der Waals surface area contributed by atoms with Gasteiger partial charge in [0.1, 0.15) is 5.01 Å². The summed E-state index contributed by atoms with van der Waals surface area (Å²) in [5.41, 5.74) is -0.0130. The van der Waals surface area contributed by atoms with Gasteiger partial charge in [-0.25, -0.2) is 14.6 Å². The summed E-state index contributed by atoms with van der Waals surface area (Å²) >= 11 is 1.19. The first-order chi connectivity index (χ1) is 8.54. The summed E-state index contributed by atoms with van der Waals surface area (Å²) in [5.74, 6) is 4.28. The molecule has 0 radical (unpaired) electrons. The maximum absolute atomic E-state index is 11.4. The van der Waals surface area contributed by atoms with Crippen molar-refractivity contribution >= 4 is 23.3 Å². The first-order valence-electron chi connectivity index (χ1n) is 5.17. The summed E-state index contributed by atoms with van der Waals surface area (Å²) < 4.78 is 0. The maximum atomic E-state index is 11.4. The molecule has 0 aliphatic heterocycles. The Morgan fingerprint density at radius 3 is 2.89 bits per heavy atom. The van der Waals surface area contributed by atoms with Crippen LogP contribution in [0.3, 0.4) is 0 Å². The van der Waals surface area contributed by atoms with Gasteiger partial charge in [-0.15, -0.1) is 17.3 Å². The Morgan fingerprint density at radius 1 is 1.61 bits per heavy atom. The number of hydrogen-bond acceptors (Lipinski definition) is 4. The molecule has 96 valence electrons. The van der Waals surface area contributed by atoms with Crippen LogP contribution in [-0.4, -0.2) is 28.6 Å². The normalized spacial score (nSPS) is 11.0. The quantitative estimate of drug-likeness (QED) is 0.715. The van der Waals surface area contributed by atoms with Crippen molar-refractivity contribution < 1.29 is 14.7 Å². The van der Waals surface area contributed by atoms with Gasteiger partial charge in [0.05, 0.1) is 12.6 Å². The molecule has 2 amide bonds. The summed E-state index contributed by atoms with van der Waals surface area (Å²) in [7, 11) is 0. The van der Waals surface area contributed by atoms with E-state index in [4.69, 9.17) is 5.11 Å². The van der Waals surface area contributed by atoms with E-state index in [2.05, 4.69) is 27.5 Å². The maximum Gasteiger partial charge on any atom is 0.355 e. The molecule has 1 unspecified atom stereocenters. The minimum absolute atomic E-state index is 0.0130. The lowest BCUT2D eigenvalue weighted by Crippen LogP contribution is -2.37. The fourth-order valence-electron chi connectivity index (χ4n) is 1.11. The van der Waals surface area contributed by atoms with Gasteiger partial charge in [-0.05, 0) is 13.8 Å². The van der Waals surface area contributed by atoms with Gasteiger partial charge in [-0.3, -0.25) is 0 Å². The summed E-state index contributed by atoms with van der Waals surface area (Å²) in [4.78, 5) is 26.0. The topological polar surface area (TPSA) is 91.3 Å². The van der Waals surface area contributed by atoms with Crippen molar-refractivity contribution in [1.29, 1.82) is 0 Å². The van der Waals surface area contributed by atoms with Gasteiger partial charge in [0.15, 0.2) is 5.69 Å². The lowest BCUT2D eigenvalue weighted by atomic mass is 10.3. The van der Waals surface area contributed by atoms with E-state index < -0.39 is 5.97 Å². The summed E-state index contributed by atoms with van der Waals surface area (Å²) in [6.07, 6.45) is 0. The number of nitrogens with zero attached hydrogens (tertiary/aromatic N) is 1. The highest BCUT2D eigenvalue weighted by Crippen LogP contribution is 2.17. The van der Waals surface area contributed by atoms with E-state index in [0.717, 1.165) is 0 Å². The second kappa shape index (κ2) is 6.61. The molecule has 0 aliphatic rings. The number of rotatable bonds is 4. The van der Waals surface area contributed by atoms with Crippen molar-refractivity contribution in [2.45, 2.75) is 19.9 Å². The zero-order valence-electron chi connectivity index (χ0n) is 9.98. The molecule has 0 aromatic carbocycles. The molecule has 1 rings (SSSR count). The average Bonchev–Trinajstić information content (AvgIpc) is 2.78. The van der Waals surface area contributed by atoms with Gasteiger partial charge in [-0.2, -0.15) is 0 Å². The molecule has 1 aromatic heterocycles. The lowest BCUT2D eigenvalue weighted by molar-refractivity contribution is 0.0691. The Balaban J connectivity index is 2.52. The number of amides is 2. The molecule has 0 bridgehead atoms. The number of nitrogens with one attached hydrogen (secondary N) is 2. The molecule has 3 N–H and O–H groups in total. The van der Waals surface area contributed by atoms with Gasteiger partial charge < -0.3 is 15.7 Å². The third-order valence-corrected chi connectivity index (χ3v) is 3.00. The van der Waals surface area contributed by atoms with Crippen LogP contribution >= 0.6 is 11.3 Å². The number of carboxylic acids is 1. The van der Waals surface area contributed by atoms with Crippen LogP contribution in [0.4, 0.5) is 4.79 Å². The Labute approximate surface area is 108 Å². The SMILES string of the molecule is CC#CCNC(=O)NC(C)c1nc(C(=O)O)cs1. The van der Waals surface area contributed by atoms with Gasteiger partial charge in [-0.1, -0.05) is 5.92 Å². The number of aromatic carboxylic acids is 1. The summed E-state index contributed by atoms with van der Waals surface area (Å²) in [6, 6.07) is -0.713. The van der Waals surface area contributed by atoms with Gasteiger partial charge >= 0.3 is 12.0 Å². The molecular weight excluding hydrogens is 254 g/mol. The van der Waals surface area contributed by atoms with Crippen LogP contribution in [0, 0.1) is 11.8 Å². The molecule has 18 heavy (non-hydrogen) atoms. The third kappa shape index (κ3) is 4.07. The summed E-state index contributed by atoms with van der Waals surface area (Å²) in [5, 5.41) is 15.9. The van der Waals surface area contributed by atoms with Crippen LogP contribution < -0.4 is 10.6 Å². The molecule has 0 saturated heterocycles. The lowest BCUT2D eigenvalue weighted by Gasteiger charge is -2.10. The first kappa shape index (κ1) is 14.0. The van der Waals surface area contributed by atoms with E-state index in [-0.39, 0.29) is 24.3 Å². The Hall–Kier alpha value is -2.07. The molecule has 0 aliphatic carbocycles. The van der Waals surface area contributed by atoms with Crippen molar-refractivity contribution in [2.24, 2.45) is 0 Å². The van der Waals surface area contributed by atoms with Crippen molar-refractivity contribution in [3.05, 3.63) is 16.1 Å². The van der Waals surface area contributed by atoms with Crippen LogP contribution in [0.2, 0.25) is 0 Å². The minimum Gasteiger partial charge on any atom is -0.476 e. The second-order valence-corrected chi connectivity index (χ2v) is 4.24. The average molecular weight is 267 g/mol. The molecule has 7 heteroatoms. The number of carboxylic acid groups (broad SMARTS) is 1. The predicted octanol–water partition coefficient (Wildman–Crippen LogP) is 1.22. The van der Waals surface area contributed by atoms with Crippen molar-refractivity contribution in [3.8, 4) is 11.8 Å². The van der Waals surface area contributed by atoms with Crippen LogP contribution in [0.1, 0.15) is 35.4 Å². The van der Waals surface area contributed by atoms with Crippen molar-refractivity contribution in [1.82, 2.24) is 15.6 Å². The molecule has 0 spiro atoms. The number of thiazole rings is 1. The molecule has 0 fully saturated rings. The zero-order valence-corrected chi connectivity index (χ0v) is 10.8. The van der Waals surface area contributed by atoms with E-state index in [1.165, 1.54) is 16.7 Å². The fourth-order valence-corrected chi connectivity index (χ4v) is 1.91. The molecule has 6 nitrogen and oxygen atoms in total. The van der Waals surface area contributed by atoms with Gasteiger partial charge in [0.25, 0.3) is 0 Å². The molecule has 1 atom stereocenters. The highest BCUT2D eigenvalue weighted by atomic mass is 32.1. The number of urea groups is 1. The van der Waals surface area contributed by atoms with Gasteiger partial charge in [0, 0.05) is 5.38 Å². The molecule has 0 saturated carbocycles. The minimum atomic E-state index is -1.08. The molecule has 1 aromatic rings. The second-order valence-electron chi connectivity index (χ2n) is 3.35. The fraction of sp³-hybridized carbons (Fsp3) is 0.364. The largest absolute Gasteiger partial charge is 0.476 e. The van der Waals surface area contributed by atoms with E-state index in [9.17, 15) is 9.59 Å². The summed E-state index contributed by atoms with van der Waals surface area (Å²) in [6.45, 7) is 3.69. The van der Waals surface area contributed by atoms with E-state index in [1.54, 1.807) is 13.8 Å². The standard InChI is InChI=1S/C11H13N3O3S/c1-3-4-5-12-11(17)13-7(2)9-14-8(6-18-9)10(15)16/h6-7H,5H2,1-2H3,(H,15,16)(H2,12,13,17). The van der Waals surface area contributed by atoms with Crippen molar-refractivity contribution in [2.75, 3.05) is 6.54 Å². The van der Waals surface area contributed by atoms with Crippen LogP contribution in [0.25, 0.3) is 0 Å². The first-order valence-corrected chi connectivity index (χ1v) is 6.05. The van der Waals surface area contributed by atoms with Crippen molar-refractivity contribution in [3.63, 3.8) is 0 Å². The van der Waals surface area contributed by atoms with Crippen LogP contribution in [-0.2, 0) is 0 Å². The smallest absolute Gasteiger partial charge is 0.355 e.